The first-order valence-electron chi connectivity index (χ1n) is 7.00. The third-order valence-corrected chi connectivity index (χ3v) is 3.85. The molecule has 0 aliphatic carbocycles. The monoisotopic (exact) mass is 277 g/mol. The number of rotatable bonds is 5. The highest BCUT2D eigenvalue weighted by Gasteiger charge is 2.29. The number of oxime groups is 1. The van der Waals surface area contributed by atoms with Gasteiger partial charge in [-0.05, 0) is 25.3 Å². The highest BCUT2D eigenvalue weighted by molar-refractivity contribution is 5.87. The average Bonchev–Trinajstić information content (AvgIpc) is 2.49. The fourth-order valence-electron chi connectivity index (χ4n) is 2.57. The SMILES string of the molecule is CC1(NCC(/C(N)=N/O)c2ccccc2)CCCOC1. The third-order valence-electron chi connectivity index (χ3n) is 3.85. The van der Waals surface area contributed by atoms with Crippen molar-refractivity contribution in [3.05, 3.63) is 35.9 Å². The van der Waals surface area contributed by atoms with Crippen LogP contribution in [0.3, 0.4) is 0 Å². The van der Waals surface area contributed by atoms with Gasteiger partial charge in [-0.15, -0.1) is 0 Å². The number of amidine groups is 1. The Hall–Kier alpha value is -1.59. The topological polar surface area (TPSA) is 79.9 Å². The summed E-state index contributed by atoms with van der Waals surface area (Å²) >= 11 is 0. The molecular weight excluding hydrogens is 254 g/mol. The van der Waals surface area contributed by atoms with Crippen LogP contribution in [0.1, 0.15) is 31.2 Å². The van der Waals surface area contributed by atoms with Gasteiger partial charge in [-0.25, -0.2) is 0 Å². The normalized spacial score (nSPS) is 25.4. The molecule has 2 rings (SSSR count). The van der Waals surface area contributed by atoms with E-state index in [1.807, 2.05) is 30.3 Å². The van der Waals surface area contributed by atoms with E-state index in [1.54, 1.807) is 0 Å². The Morgan fingerprint density at radius 2 is 2.25 bits per heavy atom. The first kappa shape index (κ1) is 14.8. The second kappa shape index (κ2) is 6.72. The van der Waals surface area contributed by atoms with E-state index in [2.05, 4.69) is 17.4 Å². The standard InChI is InChI=1S/C15H23N3O2/c1-15(8-5-9-20-11-15)17-10-13(14(16)18-19)12-6-3-2-4-7-12/h2-4,6-7,13,17,19H,5,8-11H2,1H3,(H2,16,18). The molecule has 1 aliphatic heterocycles. The molecule has 4 N–H and O–H groups in total. The van der Waals surface area contributed by atoms with E-state index < -0.39 is 0 Å². The van der Waals surface area contributed by atoms with Gasteiger partial charge in [-0.2, -0.15) is 0 Å². The van der Waals surface area contributed by atoms with Gasteiger partial charge >= 0.3 is 0 Å². The van der Waals surface area contributed by atoms with Gasteiger partial charge < -0.3 is 21.0 Å². The van der Waals surface area contributed by atoms with Crippen LogP contribution < -0.4 is 11.1 Å². The molecule has 0 bridgehead atoms. The number of hydrogen-bond acceptors (Lipinski definition) is 4. The molecule has 2 unspecified atom stereocenters. The molecule has 1 saturated heterocycles. The van der Waals surface area contributed by atoms with Crippen LogP contribution in [0.2, 0.25) is 0 Å². The average molecular weight is 277 g/mol. The molecular formula is C15H23N3O2. The molecule has 110 valence electrons. The molecule has 5 nitrogen and oxygen atoms in total. The Labute approximate surface area is 119 Å². The molecule has 0 amide bonds. The van der Waals surface area contributed by atoms with Crippen molar-refractivity contribution in [2.24, 2.45) is 10.9 Å². The predicted molar refractivity (Wildman–Crippen MR) is 79.1 cm³/mol. The Kier molecular flexibility index (Phi) is 4.98. The fraction of sp³-hybridized carbons (Fsp3) is 0.533. The molecule has 0 radical (unpaired) electrons. The lowest BCUT2D eigenvalue weighted by Crippen LogP contribution is -2.51. The summed E-state index contributed by atoms with van der Waals surface area (Å²) in [5, 5.41) is 15.7. The lowest BCUT2D eigenvalue weighted by atomic mass is 9.92. The van der Waals surface area contributed by atoms with Crippen LogP contribution >= 0.6 is 0 Å². The number of nitrogens with two attached hydrogens (primary N) is 1. The molecule has 2 atom stereocenters. The summed E-state index contributed by atoms with van der Waals surface area (Å²) in [6, 6.07) is 9.85. The molecule has 1 aliphatic rings. The summed E-state index contributed by atoms with van der Waals surface area (Å²) in [5.74, 6) is 0.0870. The molecule has 0 aromatic heterocycles. The minimum atomic E-state index is -0.139. The van der Waals surface area contributed by atoms with E-state index in [-0.39, 0.29) is 17.3 Å². The molecule has 0 saturated carbocycles. The summed E-state index contributed by atoms with van der Waals surface area (Å²) in [6.45, 7) is 4.31. The summed E-state index contributed by atoms with van der Waals surface area (Å²) < 4.78 is 5.54. The predicted octanol–water partition coefficient (Wildman–Crippen LogP) is 1.68. The van der Waals surface area contributed by atoms with Gasteiger partial charge in [0, 0.05) is 18.7 Å². The first-order valence-corrected chi connectivity index (χ1v) is 7.00. The van der Waals surface area contributed by atoms with Crippen molar-refractivity contribution in [3.8, 4) is 0 Å². The smallest absolute Gasteiger partial charge is 0.147 e. The minimum Gasteiger partial charge on any atom is -0.409 e. The van der Waals surface area contributed by atoms with Crippen LogP contribution in [0.15, 0.2) is 35.5 Å². The second-order valence-electron chi connectivity index (χ2n) is 5.59. The molecule has 1 fully saturated rings. The van der Waals surface area contributed by atoms with Crippen LogP contribution in [0, 0.1) is 0 Å². The zero-order chi connectivity index (χ0) is 14.4. The summed E-state index contributed by atoms with van der Waals surface area (Å²) in [7, 11) is 0. The van der Waals surface area contributed by atoms with Crippen LogP contribution in [0.5, 0.6) is 0 Å². The van der Waals surface area contributed by atoms with Crippen molar-refractivity contribution in [1.29, 1.82) is 0 Å². The molecule has 1 heterocycles. The van der Waals surface area contributed by atoms with Gasteiger partial charge in [-0.3, -0.25) is 0 Å². The fourth-order valence-corrected chi connectivity index (χ4v) is 2.57. The van der Waals surface area contributed by atoms with Gasteiger partial charge in [-0.1, -0.05) is 35.5 Å². The number of nitrogens with one attached hydrogen (secondary N) is 1. The van der Waals surface area contributed by atoms with Crippen LogP contribution in [-0.2, 0) is 4.74 Å². The van der Waals surface area contributed by atoms with Crippen molar-refractivity contribution in [2.75, 3.05) is 19.8 Å². The van der Waals surface area contributed by atoms with Gasteiger partial charge in [0.1, 0.15) is 5.84 Å². The Morgan fingerprint density at radius 3 is 2.85 bits per heavy atom. The molecule has 20 heavy (non-hydrogen) atoms. The zero-order valence-corrected chi connectivity index (χ0v) is 11.9. The second-order valence-corrected chi connectivity index (χ2v) is 5.59. The summed E-state index contributed by atoms with van der Waals surface area (Å²) in [6.07, 6.45) is 2.13. The van der Waals surface area contributed by atoms with E-state index in [0.717, 1.165) is 25.0 Å². The van der Waals surface area contributed by atoms with E-state index in [1.165, 1.54) is 0 Å². The Bertz CT molecular complexity index is 442. The third kappa shape index (κ3) is 3.71. The Morgan fingerprint density at radius 1 is 1.50 bits per heavy atom. The van der Waals surface area contributed by atoms with E-state index in [4.69, 9.17) is 15.7 Å². The van der Waals surface area contributed by atoms with Gasteiger partial charge in [0.2, 0.25) is 0 Å². The quantitative estimate of drug-likeness (QED) is 0.331. The number of benzene rings is 1. The highest BCUT2D eigenvalue weighted by atomic mass is 16.5. The maximum absolute atomic E-state index is 8.98. The summed E-state index contributed by atoms with van der Waals surface area (Å²) in [5.41, 5.74) is 6.83. The molecule has 5 heteroatoms. The Balaban J connectivity index is 2.05. The van der Waals surface area contributed by atoms with Gasteiger partial charge in [0.15, 0.2) is 0 Å². The number of hydrogen-bond donors (Lipinski definition) is 3. The largest absolute Gasteiger partial charge is 0.409 e. The molecule has 1 aromatic carbocycles. The maximum atomic E-state index is 8.98. The zero-order valence-electron chi connectivity index (χ0n) is 11.9. The summed E-state index contributed by atoms with van der Waals surface area (Å²) in [4.78, 5) is 0. The van der Waals surface area contributed by atoms with Crippen molar-refractivity contribution in [2.45, 2.75) is 31.2 Å². The van der Waals surface area contributed by atoms with Crippen molar-refractivity contribution in [1.82, 2.24) is 5.32 Å². The van der Waals surface area contributed by atoms with Crippen LogP contribution in [0.4, 0.5) is 0 Å². The first-order chi connectivity index (χ1) is 9.64. The molecule has 1 aromatic rings. The van der Waals surface area contributed by atoms with E-state index >= 15 is 0 Å². The maximum Gasteiger partial charge on any atom is 0.147 e. The lowest BCUT2D eigenvalue weighted by Gasteiger charge is -2.35. The number of ether oxygens (including phenoxy) is 1. The van der Waals surface area contributed by atoms with E-state index in [9.17, 15) is 0 Å². The van der Waals surface area contributed by atoms with Crippen molar-refractivity contribution in [3.63, 3.8) is 0 Å². The van der Waals surface area contributed by atoms with E-state index in [0.29, 0.717) is 13.2 Å². The van der Waals surface area contributed by atoms with Crippen LogP contribution in [0.25, 0.3) is 0 Å². The molecule has 0 spiro atoms. The van der Waals surface area contributed by atoms with Crippen molar-refractivity contribution < 1.29 is 9.94 Å². The van der Waals surface area contributed by atoms with Crippen LogP contribution in [-0.4, -0.2) is 36.3 Å². The van der Waals surface area contributed by atoms with Gasteiger partial charge in [0.25, 0.3) is 0 Å². The minimum absolute atomic E-state index is 0.0407. The lowest BCUT2D eigenvalue weighted by molar-refractivity contribution is 0.0286. The number of nitrogens with zero attached hydrogens (tertiary/aromatic N) is 1. The highest BCUT2D eigenvalue weighted by Crippen LogP contribution is 2.21. The van der Waals surface area contributed by atoms with Gasteiger partial charge in [0.05, 0.1) is 12.5 Å². The van der Waals surface area contributed by atoms with Crippen molar-refractivity contribution >= 4 is 5.84 Å².